The molecule has 24 heavy (non-hydrogen) atoms. The number of benzene rings is 2. The Morgan fingerprint density at radius 3 is 2.29 bits per heavy atom. The minimum Gasteiger partial charge on any atom is -0.366 e. The molecule has 0 unspecified atom stereocenters. The van der Waals surface area contributed by atoms with Gasteiger partial charge in [-0.05, 0) is 54.8 Å². The molecule has 3 rings (SSSR count). The normalized spacial score (nSPS) is 18.6. The van der Waals surface area contributed by atoms with Crippen molar-refractivity contribution in [3.63, 3.8) is 0 Å². The summed E-state index contributed by atoms with van der Waals surface area (Å²) in [6.45, 7) is 0.405. The van der Waals surface area contributed by atoms with Gasteiger partial charge in [-0.15, -0.1) is 0 Å². The first-order valence-electron chi connectivity index (χ1n) is 7.57. The van der Waals surface area contributed by atoms with E-state index in [0.717, 1.165) is 12.0 Å². The third-order valence-electron chi connectivity index (χ3n) is 4.20. The van der Waals surface area contributed by atoms with Crippen LogP contribution in [0.1, 0.15) is 34.8 Å². The molecule has 1 heterocycles. The van der Waals surface area contributed by atoms with Gasteiger partial charge in [0.25, 0.3) is 0 Å². The van der Waals surface area contributed by atoms with Gasteiger partial charge in [0, 0.05) is 12.1 Å². The van der Waals surface area contributed by atoms with Crippen LogP contribution in [-0.4, -0.2) is 25.2 Å². The van der Waals surface area contributed by atoms with Gasteiger partial charge in [0.1, 0.15) is 5.82 Å². The van der Waals surface area contributed by atoms with Crippen molar-refractivity contribution in [2.24, 2.45) is 5.73 Å². The number of nitrogens with two attached hydrogens (primary N) is 1. The maximum atomic E-state index is 13.1. The number of carbonyl (C=O) groups excluding carboxylic acids is 1. The van der Waals surface area contributed by atoms with Gasteiger partial charge >= 0.3 is 0 Å². The third kappa shape index (κ3) is 3.05. The quantitative estimate of drug-likeness (QED) is 0.921. The number of rotatable bonds is 4. The first-order valence-corrected chi connectivity index (χ1v) is 9.01. The molecule has 0 saturated carbocycles. The lowest BCUT2D eigenvalue weighted by molar-refractivity contribution is 0.1000. The summed E-state index contributed by atoms with van der Waals surface area (Å²) in [5, 5.41) is 0. The minimum absolute atomic E-state index is 0.113. The minimum atomic E-state index is -3.70. The summed E-state index contributed by atoms with van der Waals surface area (Å²) in [5.74, 6) is -0.961. The van der Waals surface area contributed by atoms with Crippen LogP contribution in [0.3, 0.4) is 0 Å². The van der Waals surface area contributed by atoms with E-state index in [1.165, 1.54) is 40.7 Å². The average molecular weight is 348 g/mol. The van der Waals surface area contributed by atoms with Gasteiger partial charge in [-0.3, -0.25) is 4.79 Å². The molecule has 0 bridgehead atoms. The molecule has 1 aliphatic heterocycles. The standard InChI is InChI=1S/C17H17FN2O3S/c18-14-7-3-12(4-8-14)16-2-1-11-20(16)24(22,23)15-9-5-13(6-10-15)17(19)21/h3-10,16H,1-2,11H2,(H2,19,21)/t16-/m1/s1. The molecule has 2 aromatic carbocycles. The molecule has 1 atom stereocenters. The number of amides is 1. The maximum Gasteiger partial charge on any atom is 0.248 e. The van der Waals surface area contributed by atoms with Crippen molar-refractivity contribution in [2.45, 2.75) is 23.8 Å². The molecule has 0 spiro atoms. The van der Waals surface area contributed by atoms with E-state index in [-0.39, 0.29) is 22.3 Å². The molecule has 0 aromatic heterocycles. The topological polar surface area (TPSA) is 80.5 Å². The highest BCUT2D eigenvalue weighted by Gasteiger charge is 2.36. The van der Waals surface area contributed by atoms with Gasteiger partial charge in [0.2, 0.25) is 15.9 Å². The Morgan fingerprint density at radius 2 is 1.71 bits per heavy atom. The Labute approximate surface area is 139 Å². The smallest absolute Gasteiger partial charge is 0.248 e. The van der Waals surface area contributed by atoms with E-state index >= 15 is 0 Å². The van der Waals surface area contributed by atoms with Crippen molar-refractivity contribution >= 4 is 15.9 Å². The van der Waals surface area contributed by atoms with Crippen LogP contribution in [-0.2, 0) is 10.0 Å². The van der Waals surface area contributed by atoms with Gasteiger partial charge < -0.3 is 5.73 Å². The number of primary amides is 1. The van der Waals surface area contributed by atoms with Crippen molar-refractivity contribution in [3.8, 4) is 0 Å². The van der Waals surface area contributed by atoms with E-state index in [4.69, 9.17) is 5.73 Å². The number of halogens is 1. The van der Waals surface area contributed by atoms with Crippen LogP contribution in [0.5, 0.6) is 0 Å². The molecule has 1 aliphatic rings. The van der Waals surface area contributed by atoms with Crippen LogP contribution in [0.15, 0.2) is 53.4 Å². The highest BCUT2D eigenvalue weighted by molar-refractivity contribution is 7.89. The van der Waals surface area contributed by atoms with Gasteiger partial charge in [0.15, 0.2) is 0 Å². The molecular formula is C17H17FN2O3S. The Morgan fingerprint density at radius 1 is 1.08 bits per heavy atom. The first-order chi connectivity index (χ1) is 11.4. The zero-order valence-corrected chi connectivity index (χ0v) is 13.7. The van der Waals surface area contributed by atoms with Gasteiger partial charge in [-0.2, -0.15) is 4.31 Å². The number of sulfonamides is 1. The molecule has 0 aliphatic carbocycles. The second-order valence-electron chi connectivity index (χ2n) is 5.71. The summed E-state index contributed by atoms with van der Waals surface area (Å²) >= 11 is 0. The lowest BCUT2D eigenvalue weighted by atomic mass is 10.1. The van der Waals surface area contributed by atoms with Crippen LogP contribution < -0.4 is 5.73 Å². The highest BCUT2D eigenvalue weighted by Crippen LogP contribution is 2.36. The zero-order valence-electron chi connectivity index (χ0n) is 12.9. The monoisotopic (exact) mass is 348 g/mol. The van der Waals surface area contributed by atoms with Crippen LogP contribution in [0.4, 0.5) is 4.39 Å². The Hall–Kier alpha value is -2.25. The lowest BCUT2D eigenvalue weighted by Crippen LogP contribution is -2.30. The predicted octanol–water partition coefficient (Wildman–Crippen LogP) is 2.45. The van der Waals surface area contributed by atoms with Crippen LogP contribution >= 0.6 is 0 Å². The fraction of sp³-hybridized carbons (Fsp3) is 0.235. The first kappa shape index (κ1) is 16.6. The largest absolute Gasteiger partial charge is 0.366 e. The SMILES string of the molecule is NC(=O)c1ccc(S(=O)(=O)N2CCC[C@@H]2c2ccc(F)cc2)cc1. The fourth-order valence-electron chi connectivity index (χ4n) is 2.97. The van der Waals surface area contributed by atoms with Crippen LogP contribution in [0.2, 0.25) is 0 Å². The van der Waals surface area contributed by atoms with E-state index in [1.807, 2.05) is 0 Å². The molecule has 0 radical (unpaired) electrons. The van der Waals surface area contributed by atoms with E-state index < -0.39 is 15.9 Å². The molecule has 2 aromatic rings. The molecule has 7 heteroatoms. The van der Waals surface area contributed by atoms with E-state index in [2.05, 4.69) is 0 Å². The Balaban J connectivity index is 1.93. The molecule has 2 N–H and O–H groups in total. The second kappa shape index (κ2) is 6.33. The van der Waals surface area contributed by atoms with E-state index in [0.29, 0.717) is 13.0 Å². The van der Waals surface area contributed by atoms with Crippen LogP contribution in [0, 0.1) is 5.82 Å². The maximum absolute atomic E-state index is 13.1. The summed E-state index contributed by atoms with van der Waals surface area (Å²) < 4.78 is 40.3. The second-order valence-corrected chi connectivity index (χ2v) is 7.60. The molecule has 5 nitrogen and oxygen atoms in total. The predicted molar refractivity (Wildman–Crippen MR) is 87.2 cm³/mol. The number of hydrogen-bond acceptors (Lipinski definition) is 3. The third-order valence-corrected chi connectivity index (χ3v) is 6.13. The van der Waals surface area contributed by atoms with Gasteiger partial charge in [-0.1, -0.05) is 12.1 Å². The summed E-state index contributed by atoms with van der Waals surface area (Å²) in [5.41, 5.74) is 6.20. The van der Waals surface area contributed by atoms with Gasteiger partial charge in [-0.25, -0.2) is 12.8 Å². The summed E-state index contributed by atoms with van der Waals surface area (Å²) in [6.07, 6.45) is 1.42. The molecule has 1 saturated heterocycles. The fourth-order valence-corrected chi connectivity index (χ4v) is 4.65. The van der Waals surface area contributed by atoms with Crippen molar-refractivity contribution in [2.75, 3.05) is 6.54 Å². The zero-order chi connectivity index (χ0) is 17.3. The average Bonchev–Trinajstić information content (AvgIpc) is 3.06. The summed E-state index contributed by atoms with van der Waals surface area (Å²) in [6, 6.07) is 11.2. The molecule has 1 amide bonds. The highest BCUT2D eigenvalue weighted by atomic mass is 32.2. The summed E-state index contributed by atoms with van der Waals surface area (Å²) in [4.78, 5) is 11.2. The van der Waals surface area contributed by atoms with Crippen molar-refractivity contribution < 1.29 is 17.6 Å². The molecular weight excluding hydrogens is 331 g/mol. The van der Waals surface area contributed by atoms with Crippen molar-refractivity contribution in [1.29, 1.82) is 0 Å². The number of carbonyl (C=O) groups is 1. The van der Waals surface area contributed by atoms with Gasteiger partial charge in [0.05, 0.1) is 10.9 Å². The van der Waals surface area contributed by atoms with Crippen molar-refractivity contribution in [1.82, 2.24) is 4.31 Å². The Bertz CT molecular complexity index is 848. The molecule has 126 valence electrons. The number of hydrogen-bond donors (Lipinski definition) is 1. The Kier molecular flexibility index (Phi) is 4.38. The number of nitrogens with zero attached hydrogens (tertiary/aromatic N) is 1. The summed E-state index contributed by atoms with van der Waals surface area (Å²) in [7, 11) is -3.70. The van der Waals surface area contributed by atoms with Crippen molar-refractivity contribution in [3.05, 3.63) is 65.5 Å². The molecule has 1 fully saturated rings. The van der Waals surface area contributed by atoms with Crippen LogP contribution in [0.25, 0.3) is 0 Å². The lowest BCUT2D eigenvalue weighted by Gasteiger charge is -2.24. The van der Waals surface area contributed by atoms with E-state index in [9.17, 15) is 17.6 Å². The van der Waals surface area contributed by atoms with E-state index in [1.54, 1.807) is 12.1 Å².